The minimum atomic E-state index is -4.07. The van der Waals surface area contributed by atoms with Gasteiger partial charge in [0.2, 0.25) is 10.0 Å². The van der Waals surface area contributed by atoms with Crippen LogP contribution >= 0.6 is 0 Å². The Bertz CT molecular complexity index is 1240. The van der Waals surface area contributed by atoms with Crippen LogP contribution in [0.3, 0.4) is 0 Å². The van der Waals surface area contributed by atoms with Crippen molar-refractivity contribution in [3.05, 3.63) is 83.6 Å². The van der Waals surface area contributed by atoms with Crippen LogP contribution in [0.2, 0.25) is 0 Å². The van der Waals surface area contributed by atoms with Gasteiger partial charge in [-0.05, 0) is 48.7 Å². The molecule has 1 aromatic heterocycles. The van der Waals surface area contributed by atoms with E-state index < -0.39 is 21.7 Å². The molecule has 2 aromatic carbocycles. The van der Waals surface area contributed by atoms with Crippen LogP contribution in [0.1, 0.15) is 35.2 Å². The number of carbonyl (C=O) groups excluding carboxylic acids is 1. The zero-order valence-corrected chi connectivity index (χ0v) is 17.8. The lowest BCUT2D eigenvalue weighted by Crippen LogP contribution is -2.38. The van der Waals surface area contributed by atoms with Crippen LogP contribution in [-0.4, -0.2) is 27.2 Å². The number of methoxy groups -OCH3 is 1. The van der Waals surface area contributed by atoms with Crippen molar-refractivity contribution < 1.29 is 26.8 Å². The summed E-state index contributed by atoms with van der Waals surface area (Å²) in [6.07, 6.45) is 0.275. The summed E-state index contributed by atoms with van der Waals surface area (Å²) in [5, 5.41) is 0. The molecule has 3 aromatic rings. The number of rotatable bonds is 6. The molecule has 31 heavy (non-hydrogen) atoms. The largest absolute Gasteiger partial charge is 0.494 e. The molecular formula is C23H20FNO5S. The van der Waals surface area contributed by atoms with Crippen LogP contribution in [0, 0.1) is 17.7 Å². The molecule has 0 aliphatic rings. The van der Waals surface area contributed by atoms with Crippen molar-refractivity contribution in [1.29, 1.82) is 0 Å². The zero-order chi connectivity index (χ0) is 22.4. The van der Waals surface area contributed by atoms with Gasteiger partial charge in [0.1, 0.15) is 0 Å². The van der Waals surface area contributed by atoms with Crippen LogP contribution < -0.4 is 9.04 Å². The molecule has 1 amide bonds. The standard InChI is InChI=1S/C23H20FNO5S/c1-3-15-31(27,28)25(18-10-13-21(29-2)20(24)16-18)23(26)22-14-12-19(30-22)11-9-17-7-5-4-6-8-17/h4-8,10,12-14,16H,3,15H2,1-2H3. The Morgan fingerprint density at radius 3 is 2.48 bits per heavy atom. The first-order valence-electron chi connectivity index (χ1n) is 9.43. The van der Waals surface area contributed by atoms with Gasteiger partial charge in [-0.25, -0.2) is 12.8 Å². The second-order valence-corrected chi connectivity index (χ2v) is 8.42. The lowest BCUT2D eigenvalue weighted by molar-refractivity contribution is 0.0978. The molecule has 0 radical (unpaired) electrons. The summed E-state index contributed by atoms with van der Waals surface area (Å²) in [7, 11) is -2.79. The average Bonchev–Trinajstić information content (AvgIpc) is 3.22. The monoisotopic (exact) mass is 441 g/mol. The highest BCUT2D eigenvalue weighted by molar-refractivity contribution is 7.93. The van der Waals surface area contributed by atoms with Crippen molar-refractivity contribution >= 4 is 21.6 Å². The van der Waals surface area contributed by atoms with E-state index in [-0.39, 0.29) is 35.1 Å². The highest BCUT2D eigenvalue weighted by atomic mass is 32.2. The van der Waals surface area contributed by atoms with Gasteiger partial charge >= 0.3 is 5.91 Å². The van der Waals surface area contributed by atoms with Crippen molar-refractivity contribution in [1.82, 2.24) is 0 Å². The first-order chi connectivity index (χ1) is 14.9. The molecular weight excluding hydrogens is 421 g/mol. The van der Waals surface area contributed by atoms with Crippen LogP contribution in [0.5, 0.6) is 5.75 Å². The Hall–Kier alpha value is -3.57. The van der Waals surface area contributed by atoms with Crippen molar-refractivity contribution in [2.75, 3.05) is 17.2 Å². The number of nitrogens with zero attached hydrogens (tertiary/aromatic N) is 1. The van der Waals surface area contributed by atoms with Crippen molar-refractivity contribution in [2.24, 2.45) is 0 Å². The number of furan rings is 1. The SMILES string of the molecule is CCCS(=O)(=O)N(C(=O)c1ccc(C#Cc2ccccc2)o1)c1ccc(OC)c(F)c1. The number of ether oxygens (including phenoxy) is 1. The molecule has 3 rings (SSSR count). The molecule has 1 heterocycles. The molecule has 0 saturated carbocycles. The molecule has 0 aliphatic carbocycles. The second-order valence-electron chi connectivity index (χ2n) is 6.48. The highest BCUT2D eigenvalue weighted by Crippen LogP contribution is 2.27. The van der Waals surface area contributed by atoms with Gasteiger partial charge in [-0.15, -0.1) is 0 Å². The summed E-state index contributed by atoms with van der Waals surface area (Å²) >= 11 is 0. The number of halogens is 1. The smallest absolute Gasteiger partial charge is 0.307 e. The van der Waals surface area contributed by atoms with Gasteiger partial charge < -0.3 is 9.15 Å². The topological polar surface area (TPSA) is 76.8 Å². The third-order valence-electron chi connectivity index (χ3n) is 4.22. The summed E-state index contributed by atoms with van der Waals surface area (Å²) in [4.78, 5) is 13.1. The van der Waals surface area contributed by atoms with Crippen LogP contribution in [0.4, 0.5) is 10.1 Å². The van der Waals surface area contributed by atoms with Gasteiger partial charge in [-0.2, -0.15) is 4.31 Å². The molecule has 6 nitrogen and oxygen atoms in total. The van der Waals surface area contributed by atoms with E-state index in [2.05, 4.69) is 11.8 Å². The highest BCUT2D eigenvalue weighted by Gasteiger charge is 2.32. The van der Waals surface area contributed by atoms with E-state index in [1.165, 1.54) is 31.4 Å². The molecule has 0 fully saturated rings. The van der Waals surface area contributed by atoms with Gasteiger partial charge in [0.15, 0.2) is 23.1 Å². The first-order valence-corrected chi connectivity index (χ1v) is 11.0. The van der Waals surface area contributed by atoms with Gasteiger partial charge in [-0.1, -0.05) is 31.0 Å². The molecule has 0 atom stereocenters. The Kier molecular flexibility index (Phi) is 6.78. The van der Waals surface area contributed by atoms with Crippen molar-refractivity contribution in [2.45, 2.75) is 13.3 Å². The van der Waals surface area contributed by atoms with E-state index in [1.807, 2.05) is 30.3 Å². The maximum Gasteiger partial charge on any atom is 0.307 e. The average molecular weight is 441 g/mol. The van der Waals surface area contributed by atoms with Gasteiger partial charge in [-0.3, -0.25) is 4.79 Å². The lowest BCUT2D eigenvalue weighted by atomic mass is 10.2. The quantitative estimate of drug-likeness (QED) is 0.536. The number of benzene rings is 2. The number of anilines is 1. The summed E-state index contributed by atoms with van der Waals surface area (Å²) < 4.78 is 50.7. The number of sulfonamides is 1. The Labute approximate surface area is 180 Å². The van der Waals surface area contributed by atoms with Crippen LogP contribution in [0.15, 0.2) is 65.1 Å². The third-order valence-corrected chi connectivity index (χ3v) is 6.07. The van der Waals surface area contributed by atoms with Gasteiger partial charge in [0.05, 0.1) is 18.6 Å². The maximum absolute atomic E-state index is 14.2. The summed E-state index contributed by atoms with van der Waals surface area (Å²) in [5.41, 5.74) is 0.609. The normalized spacial score (nSPS) is 10.8. The Balaban J connectivity index is 1.97. The number of hydrogen-bond acceptors (Lipinski definition) is 5. The fourth-order valence-electron chi connectivity index (χ4n) is 2.81. The zero-order valence-electron chi connectivity index (χ0n) is 17.0. The first kappa shape index (κ1) is 22.1. The van der Waals surface area contributed by atoms with Crippen LogP contribution in [0.25, 0.3) is 0 Å². The van der Waals surface area contributed by atoms with Crippen LogP contribution in [-0.2, 0) is 10.0 Å². The molecule has 0 saturated heterocycles. The third kappa shape index (κ3) is 5.13. The summed E-state index contributed by atoms with van der Waals surface area (Å²) in [5.74, 6) is 3.55. The van der Waals surface area contributed by atoms with E-state index in [9.17, 15) is 17.6 Å². The van der Waals surface area contributed by atoms with E-state index in [0.717, 1.165) is 11.6 Å². The Morgan fingerprint density at radius 2 is 1.84 bits per heavy atom. The Morgan fingerprint density at radius 1 is 1.10 bits per heavy atom. The number of hydrogen-bond donors (Lipinski definition) is 0. The molecule has 0 aliphatic heterocycles. The minimum Gasteiger partial charge on any atom is -0.494 e. The number of carbonyl (C=O) groups is 1. The van der Waals surface area contributed by atoms with E-state index in [1.54, 1.807) is 6.92 Å². The second kappa shape index (κ2) is 9.49. The van der Waals surface area contributed by atoms with Crippen molar-refractivity contribution in [3.8, 4) is 17.6 Å². The minimum absolute atomic E-state index is 0.0690. The molecule has 0 spiro atoms. The number of amides is 1. The lowest BCUT2D eigenvalue weighted by Gasteiger charge is -2.21. The molecule has 0 bridgehead atoms. The molecule has 8 heteroatoms. The molecule has 0 N–H and O–H groups in total. The maximum atomic E-state index is 14.2. The molecule has 0 unspecified atom stereocenters. The van der Waals surface area contributed by atoms with E-state index >= 15 is 0 Å². The summed E-state index contributed by atoms with van der Waals surface area (Å²) in [6.45, 7) is 1.67. The van der Waals surface area contributed by atoms with Gasteiger partial charge in [0, 0.05) is 11.6 Å². The van der Waals surface area contributed by atoms with Crippen molar-refractivity contribution in [3.63, 3.8) is 0 Å². The fourth-order valence-corrected chi connectivity index (χ4v) is 4.29. The van der Waals surface area contributed by atoms with Gasteiger partial charge in [0.25, 0.3) is 0 Å². The van der Waals surface area contributed by atoms with E-state index in [4.69, 9.17) is 9.15 Å². The fraction of sp³-hybridized carbons (Fsp3) is 0.174. The van der Waals surface area contributed by atoms with E-state index in [0.29, 0.717) is 4.31 Å². The molecule has 160 valence electrons. The predicted molar refractivity (Wildman–Crippen MR) is 115 cm³/mol. The predicted octanol–water partition coefficient (Wildman–Crippen LogP) is 4.21. The summed E-state index contributed by atoms with van der Waals surface area (Å²) in [6, 6.07) is 15.5.